The zero-order valence-electron chi connectivity index (χ0n) is 7.99. The molecule has 7 heteroatoms. The fourth-order valence-corrected chi connectivity index (χ4v) is 0.816. The molecule has 0 amide bonds. The Morgan fingerprint density at radius 1 is 1.23 bits per heavy atom. The number of hydrogen-bond acceptors (Lipinski definition) is 5. The van der Waals surface area contributed by atoms with Gasteiger partial charge in [0.05, 0.1) is 13.2 Å². The number of hydrogen-bond donors (Lipinski definition) is 0. The summed E-state index contributed by atoms with van der Waals surface area (Å²) in [5.74, 6) is 0. The summed E-state index contributed by atoms with van der Waals surface area (Å²) in [4.78, 5) is 0. The molecule has 0 radical (unpaired) electrons. The summed E-state index contributed by atoms with van der Waals surface area (Å²) < 4.78 is 38.5. The van der Waals surface area contributed by atoms with Crippen molar-refractivity contribution in [2.75, 3.05) is 19.8 Å². The first-order valence-corrected chi connectivity index (χ1v) is 5.07. The minimum Gasteiger partial charge on any atom is -0.726 e. The summed E-state index contributed by atoms with van der Waals surface area (Å²) in [6.07, 6.45) is 1.94. The fourth-order valence-electron chi connectivity index (χ4n) is 0.543. The molecular weight excluding hydrogens is 223 g/mol. The van der Waals surface area contributed by atoms with Crippen molar-refractivity contribution < 1.29 is 73.3 Å². The maximum atomic E-state index is 9.89. The Balaban J connectivity index is 0. The first-order valence-electron chi connectivity index (χ1n) is 3.74. The summed E-state index contributed by atoms with van der Waals surface area (Å²) in [6.45, 7) is 2.53. The summed E-state index contributed by atoms with van der Waals surface area (Å²) in [7, 11) is -4.55. The molecular formula is C6H13KO5S. The second kappa shape index (κ2) is 10.0. The van der Waals surface area contributed by atoms with E-state index in [-0.39, 0.29) is 64.6 Å². The molecule has 74 valence electrons. The van der Waals surface area contributed by atoms with E-state index >= 15 is 0 Å². The molecule has 0 aromatic carbocycles. The zero-order valence-corrected chi connectivity index (χ0v) is 11.9. The van der Waals surface area contributed by atoms with E-state index < -0.39 is 10.4 Å². The Kier molecular flexibility index (Phi) is 13.0. The van der Waals surface area contributed by atoms with E-state index in [4.69, 9.17) is 4.74 Å². The summed E-state index contributed by atoms with van der Waals surface area (Å²) in [5, 5.41) is 0. The average Bonchev–Trinajstić information content (AvgIpc) is 1.94. The van der Waals surface area contributed by atoms with Gasteiger partial charge in [0.25, 0.3) is 0 Å². The molecule has 0 atom stereocenters. The Labute approximate surface area is 122 Å². The topological polar surface area (TPSA) is 75.7 Å². The summed E-state index contributed by atoms with van der Waals surface area (Å²) >= 11 is 0. The minimum absolute atomic E-state index is 0. The van der Waals surface area contributed by atoms with Gasteiger partial charge in [0.2, 0.25) is 10.4 Å². The molecule has 0 bridgehead atoms. The molecule has 0 unspecified atom stereocenters. The molecule has 0 aromatic heterocycles. The molecule has 0 aromatic rings. The van der Waals surface area contributed by atoms with Crippen molar-refractivity contribution >= 4 is 10.4 Å². The number of unbranched alkanes of at least 4 members (excludes halogenated alkanes) is 1. The SMILES string of the molecule is CCCCOCCOS(=O)(=O)[O-].[K+]. The van der Waals surface area contributed by atoms with Crippen molar-refractivity contribution in [2.45, 2.75) is 19.8 Å². The molecule has 0 saturated heterocycles. The maximum Gasteiger partial charge on any atom is 1.00 e. The van der Waals surface area contributed by atoms with Gasteiger partial charge in [-0.15, -0.1) is 0 Å². The molecule has 0 rings (SSSR count). The third-order valence-corrected chi connectivity index (χ3v) is 1.55. The second-order valence-corrected chi connectivity index (χ2v) is 3.25. The molecule has 5 nitrogen and oxygen atoms in total. The van der Waals surface area contributed by atoms with Gasteiger partial charge in [-0.1, -0.05) is 13.3 Å². The van der Waals surface area contributed by atoms with E-state index in [0.29, 0.717) is 6.61 Å². The third kappa shape index (κ3) is 16.2. The van der Waals surface area contributed by atoms with Crippen LogP contribution in [0.1, 0.15) is 19.8 Å². The van der Waals surface area contributed by atoms with E-state index in [1.165, 1.54) is 0 Å². The molecule has 0 aliphatic carbocycles. The molecule has 13 heavy (non-hydrogen) atoms. The Morgan fingerprint density at radius 2 is 1.85 bits per heavy atom. The fraction of sp³-hybridized carbons (Fsp3) is 1.00. The molecule has 0 N–H and O–H groups in total. The van der Waals surface area contributed by atoms with E-state index in [2.05, 4.69) is 4.18 Å². The molecule has 0 spiro atoms. The summed E-state index contributed by atoms with van der Waals surface area (Å²) in [5.41, 5.74) is 0. The average molecular weight is 236 g/mol. The monoisotopic (exact) mass is 236 g/mol. The Hall–Kier alpha value is 1.47. The maximum absolute atomic E-state index is 9.89. The van der Waals surface area contributed by atoms with Crippen molar-refractivity contribution in [3.8, 4) is 0 Å². The van der Waals surface area contributed by atoms with Gasteiger partial charge in [-0.25, -0.2) is 8.42 Å². The Morgan fingerprint density at radius 3 is 2.31 bits per heavy atom. The van der Waals surface area contributed by atoms with E-state index in [1.54, 1.807) is 0 Å². The van der Waals surface area contributed by atoms with Crippen LogP contribution >= 0.6 is 0 Å². The first-order chi connectivity index (χ1) is 5.56. The van der Waals surface area contributed by atoms with Crippen molar-refractivity contribution in [3.63, 3.8) is 0 Å². The summed E-state index contributed by atoms with van der Waals surface area (Å²) in [6, 6.07) is 0. The normalized spacial score (nSPS) is 10.9. The van der Waals surface area contributed by atoms with Crippen molar-refractivity contribution in [2.24, 2.45) is 0 Å². The van der Waals surface area contributed by atoms with E-state index in [9.17, 15) is 13.0 Å². The molecule has 0 aliphatic heterocycles. The van der Waals surface area contributed by atoms with Gasteiger partial charge in [0, 0.05) is 6.61 Å². The van der Waals surface area contributed by atoms with Crippen LogP contribution in [0.25, 0.3) is 0 Å². The predicted octanol–water partition coefficient (Wildman–Crippen LogP) is -2.72. The largest absolute Gasteiger partial charge is 1.00 e. The van der Waals surface area contributed by atoms with Gasteiger partial charge in [0.15, 0.2) is 0 Å². The standard InChI is InChI=1S/C6H14O5S.K/c1-2-3-4-10-5-6-11-12(7,8)9;/h2-6H2,1H3,(H,7,8,9);/q;+1/p-1. The minimum atomic E-state index is -4.55. The van der Waals surface area contributed by atoms with Gasteiger partial charge in [-0.2, -0.15) is 0 Å². The van der Waals surface area contributed by atoms with Crippen molar-refractivity contribution in [1.82, 2.24) is 0 Å². The van der Waals surface area contributed by atoms with Crippen LogP contribution in [0.2, 0.25) is 0 Å². The van der Waals surface area contributed by atoms with Crippen LogP contribution in [-0.4, -0.2) is 32.8 Å². The third-order valence-electron chi connectivity index (χ3n) is 1.10. The van der Waals surface area contributed by atoms with Gasteiger partial charge in [0.1, 0.15) is 0 Å². The van der Waals surface area contributed by atoms with Crippen LogP contribution in [0.3, 0.4) is 0 Å². The van der Waals surface area contributed by atoms with Crippen LogP contribution in [0.4, 0.5) is 0 Å². The van der Waals surface area contributed by atoms with Crippen LogP contribution in [0, 0.1) is 0 Å². The van der Waals surface area contributed by atoms with Gasteiger partial charge in [-0.05, 0) is 6.42 Å². The van der Waals surface area contributed by atoms with Crippen LogP contribution in [0.15, 0.2) is 0 Å². The van der Waals surface area contributed by atoms with E-state index in [0.717, 1.165) is 12.8 Å². The molecule has 0 fully saturated rings. The quantitative estimate of drug-likeness (QED) is 0.208. The zero-order chi connectivity index (χ0) is 9.45. The van der Waals surface area contributed by atoms with Crippen LogP contribution in [0.5, 0.6) is 0 Å². The van der Waals surface area contributed by atoms with Crippen LogP contribution in [-0.2, 0) is 19.3 Å². The van der Waals surface area contributed by atoms with E-state index in [1.807, 2.05) is 6.92 Å². The van der Waals surface area contributed by atoms with Gasteiger partial charge in [-0.3, -0.25) is 4.18 Å². The first kappa shape index (κ1) is 16.9. The predicted molar refractivity (Wildman–Crippen MR) is 41.4 cm³/mol. The second-order valence-electron chi connectivity index (χ2n) is 2.20. The van der Waals surface area contributed by atoms with Gasteiger partial charge < -0.3 is 9.29 Å². The van der Waals surface area contributed by atoms with Crippen LogP contribution < -0.4 is 51.4 Å². The molecule has 0 heterocycles. The number of rotatable bonds is 7. The van der Waals surface area contributed by atoms with Crippen molar-refractivity contribution in [3.05, 3.63) is 0 Å². The van der Waals surface area contributed by atoms with Gasteiger partial charge >= 0.3 is 51.4 Å². The molecule has 0 aliphatic rings. The number of ether oxygens (including phenoxy) is 1. The smallest absolute Gasteiger partial charge is 0.726 e. The van der Waals surface area contributed by atoms with Crippen molar-refractivity contribution in [1.29, 1.82) is 0 Å². The Bertz CT molecular complexity index is 191. The molecule has 0 saturated carbocycles.